The molecule has 98 valence electrons. The van der Waals surface area contributed by atoms with Crippen molar-refractivity contribution in [3.05, 3.63) is 24.3 Å². The highest BCUT2D eigenvalue weighted by atomic mass is 16.6. The Hall–Kier alpha value is -1.66. The number of carbonyl (C=O) groups is 2. The van der Waals surface area contributed by atoms with Gasteiger partial charge in [-0.3, -0.25) is 0 Å². The molecule has 0 saturated heterocycles. The van der Waals surface area contributed by atoms with Gasteiger partial charge in [-0.15, -0.1) is 0 Å². The summed E-state index contributed by atoms with van der Waals surface area (Å²) in [4.78, 5) is 20.2. The third-order valence-corrected chi connectivity index (χ3v) is 1.28. The summed E-state index contributed by atoms with van der Waals surface area (Å²) in [7, 11) is 0. The number of aliphatic hydroxyl groups excluding tert-OH is 2. The van der Waals surface area contributed by atoms with Crippen LogP contribution < -0.4 is 0 Å². The Morgan fingerprint density at radius 1 is 1.29 bits per heavy atom. The molecule has 6 heteroatoms. The molecule has 0 bridgehead atoms. The van der Waals surface area contributed by atoms with Crippen molar-refractivity contribution < 1.29 is 29.6 Å². The molecule has 17 heavy (non-hydrogen) atoms. The summed E-state index contributed by atoms with van der Waals surface area (Å²) in [6.45, 7) is 7.42. The summed E-state index contributed by atoms with van der Waals surface area (Å²) in [5, 5.41) is 25.2. The van der Waals surface area contributed by atoms with Crippen LogP contribution in [0.1, 0.15) is 20.8 Å². The van der Waals surface area contributed by atoms with Crippen molar-refractivity contribution in [2.24, 2.45) is 0 Å². The summed E-state index contributed by atoms with van der Waals surface area (Å²) in [6, 6.07) is 0. The Morgan fingerprint density at radius 3 is 1.88 bits per heavy atom. The highest BCUT2D eigenvalue weighted by molar-refractivity contribution is 5.85. The van der Waals surface area contributed by atoms with E-state index in [2.05, 4.69) is 11.3 Å². The summed E-state index contributed by atoms with van der Waals surface area (Å²) in [6.07, 6.45) is 0.552. The molecule has 0 saturated carbocycles. The monoisotopic (exact) mass is 246 g/mol. The van der Waals surface area contributed by atoms with Crippen LogP contribution in [-0.2, 0) is 14.3 Å². The average molecular weight is 246 g/mol. The highest BCUT2D eigenvalue weighted by Gasteiger charge is 1.99. The summed E-state index contributed by atoms with van der Waals surface area (Å²) >= 11 is 0. The van der Waals surface area contributed by atoms with Crippen LogP contribution in [0.15, 0.2) is 24.3 Å². The summed E-state index contributed by atoms with van der Waals surface area (Å²) in [5.41, 5.74) is 0.171. The lowest BCUT2D eigenvalue weighted by molar-refractivity contribution is -0.158. The fourth-order valence-electron chi connectivity index (χ4n) is 0.649. The minimum absolute atomic E-state index is 0.171. The number of carboxylic acid groups (broad SMARTS) is 1. The molecule has 0 fully saturated rings. The SMILES string of the molecule is C=CC(=O)OC(C)O.CC(=CC(C)O)C(=O)O. The van der Waals surface area contributed by atoms with Gasteiger partial charge in [-0.1, -0.05) is 6.58 Å². The number of rotatable bonds is 4. The third kappa shape index (κ3) is 14.3. The van der Waals surface area contributed by atoms with Crippen molar-refractivity contribution >= 4 is 11.9 Å². The maximum absolute atomic E-state index is 10.1. The van der Waals surface area contributed by atoms with Crippen LogP contribution in [0.4, 0.5) is 0 Å². The largest absolute Gasteiger partial charge is 0.478 e. The maximum atomic E-state index is 10.1. The summed E-state index contributed by atoms with van der Waals surface area (Å²) in [5.74, 6) is -1.60. The van der Waals surface area contributed by atoms with Crippen LogP contribution in [0.25, 0.3) is 0 Å². The Morgan fingerprint density at radius 2 is 1.76 bits per heavy atom. The van der Waals surface area contributed by atoms with E-state index in [1.807, 2.05) is 0 Å². The van der Waals surface area contributed by atoms with Crippen LogP contribution in [0.2, 0.25) is 0 Å². The first-order chi connectivity index (χ1) is 7.70. The van der Waals surface area contributed by atoms with Crippen LogP contribution in [-0.4, -0.2) is 39.7 Å². The van der Waals surface area contributed by atoms with Gasteiger partial charge < -0.3 is 20.1 Å². The second kappa shape index (κ2) is 9.56. The number of aliphatic hydroxyl groups is 2. The van der Waals surface area contributed by atoms with E-state index in [0.717, 1.165) is 6.08 Å². The van der Waals surface area contributed by atoms with Crippen molar-refractivity contribution in [1.29, 1.82) is 0 Å². The normalized spacial score (nSPS) is 13.8. The molecule has 0 radical (unpaired) electrons. The molecule has 0 aromatic rings. The van der Waals surface area contributed by atoms with Gasteiger partial charge in [0.05, 0.1) is 6.10 Å². The van der Waals surface area contributed by atoms with Gasteiger partial charge in [0.15, 0.2) is 6.29 Å². The van der Waals surface area contributed by atoms with Crippen molar-refractivity contribution in [3.8, 4) is 0 Å². The van der Waals surface area contributed by atoms with E-state index in [4.69, 9.17) is 15.3 Å². The zero-order chi connectivity index (χ0) is 14.0. The van der Waals surface area contributed by atoms with Crippen molar-refractivity contribution in [1.82, 2.24) is 0 Å². The predicted octanol–water partition coefficient (Wildman–Crippen LogP) is 0.452. The molecule has 0 heterocycles. The average Bonchev–Trinajstić information content (AvgIpc) is 2.16. The fraction of sp³-hybridized carbons (Fsp3) is 0.455. The number of hydrogen-bond acceptors (Lipinski definition) is 5. The predicted molar refractivity (Wildman–Crippen MR) is 61.0 cm³/mol. The van der Waals surface area contributed by atoms with Crippen molar-refractivity contribution in [2.75, 3.05) is 0 Å². The summed E-state index contributed by atoms with van der Waals surface area (Å²) < 4.78 is 4.20. The number of hydrogen-bond donors (Lipinski definition) is 3. The topological polar surface area (TPSA) is 104 Å². The van der Waals surface area contributed by atoms with Gasteiger partial charge in [0.1, 0.15) is 0 Å². The Balaban J connectivity index is 0. The quantitative estimate of drug-likeness (QED) is 0.378. The molecule has 0 aliphatic heterocycles. The van der Waals surface area contributed by atoms with Gasteiger partial charge in [0.2, 0.25) is 0 Å². The fourth-order valence-corrected chi connectivity index (χ4v) is 0.649. The Kier molecular flexibility index (Phi) is 9.97. The van der Waals surface area contributed by atoms with E-state index in [1.54, 1.807) is 0 Å². The van der Waals surface area contributed by atoms with Crippen LogP contribution in [0.5, 0.6) is 0 Å². The molecule has 2 atom stereocenters. The smallest absolute Gasteiger partial charge is 0.332 e. The second-order valence-corrected chi connectivity index (χ2v) is 3.14. The van der Waals surface area contributed by atoms with Gasteiger partial charge in [0.25, 0.3) is 0 Å². The van der Waals surface area contributed by atoms with E-state index < -0.39 is 24.3 Å². The molecule has 6 nitrogen and oxygen atoms in total. The van der Waals surface area contributed by atoms with E-state index >= 15 is 0 Å². The molecule has 0 rings (SSSR count). The first-order valence-electron chi connectivity index (χ1n) is 4.81. The zero-order valence-corrected chi connectivity index (χ0v) is 10.1. The number of esters is 1. The molecule has 0 aromatic heterocycles. The van der Waals surface area contributed by atoms with E-state index in [0.29, 0.717) is 0 Å². The lowest BCUT2D eigenvalue weighted by atomic mass is 10.2. The van der Waals surface area contributed by atoms with E-state index in [9.17, 15) is 9.59 Å². The molecule has 0 spiro atoms. The Labute approximate surface area is 99.8 Å². The molecular formula is C11H18O6. The van der Waals surface area contributed by atoms with Gasteiger partial charge in [-0.05, 0) is 26.8 Å². The molecule has 0 aromatic carbocycles. The molecule has 3 N–H and O–H groups in total. The van der Waals surface area contributed by atoms with Crippen molar-refractivity contribution in [3.63, 3.8) is 0 Å². The molecule has 2 unspecified atom stereocenters. The third-order valence-electron chi connectivity index (χ3n) is 1.28. The van der Waals surface area contributed by atoms with Crippen molar-refractivity contribution in [2.45, 2.75) is 33.2 Å². The highest BCUT2D eigenvalue weighted by Crippen LogP contribution is 1.94. The number of carboxylic acids is 1. The number of aliphatic carboxylic acids is 1. The lowest BCUT2D eigenvalue weighted by Crippen LogP contribution is -2.10. The first-order valence-corrected chi connectivity index (χ1v) is 4.81. The maximum Gasteiger partial charge on any atom is 0.332 e. The van der Waals surface area contributed by atoms with E-state index in [-0.39, 0.29) is 5.57 Å². The molecular weight excluding hydrogens is 228 g/mol. The minimum Gasteiger partial charge on any atom is -0.478 e. The standard InChI is InChI=1S/C6H10O3.C5H8O3/c1-4(6(8)9)3-5(2)7;1-3-5(7)8-4(2)6/h3,5,7H,1-2H3,(H,8,9);3-4,6H,1H2,2H3. The zero-order valence-electron chi connectivity index (χ0n) is 10.1. The van der Waals surface area contributed by atoms with Crippen LogP contribution in [0, 0.1) is 0 Å². The number of ether oxygens (including phenoxy) is 1. The molecule has 0 aliphatic carbocycles. The Bertz CT molecular complexity index is 290. The van der Waals surface area contributed by atoms with Gasteiger partial charge in [-0.25, -0.2) is 9.59 Å². The van der Waals surface area contributed by atoms with E-state index in [1.165, 1.54) is 26.8 Å². The van der Waals surface area contributed by atoms with Crippen LogP contribution >= 0.6 is 0 Å². The first kappa shape index (κ1) is 17.7. The molecule has 0 aliphatic rings. The number of carbonyl (C=O) groups excluding carboxylic acids is 1. The second-order valence-electron chi connectivity index (χ2n) is 3.14. The van der Waals surface area contributed by atoms with Gasteiger partial charge in [-0.2, -0.15) is 0 Å². The lowest BCUT2D eigenvalue weighted by Gasteiger charge is -2.01. The van der Waals surface area contributed by atoms with Gasteiger partial charge in [0, 0.05) is 11.6 Å². The minimum atomic E-state index is -1.04. The van der Waals surface area contributed by atoms with Crippen LogP contribution in [0.3, 0.4) is 0 Å². The van der Waals surface area contributed by atoms with Gasteiger partial charge >= 0.3 is 11.9 Å². The molecule has 0 amide bonds.